The third-order valence-corrected chi connectivity index (χ3v) is 9.95. The molecule has 5 atom stereocenters. The fourth-order valence-corrected chi connectivity index (χ4v) is 6.72. The molecule has 0 saturated heterocycles. The quantitative estimate of drug-likeness (QED) is 0.203. The second kappa shape index (κ2) is 18.7. The topological polar surface area (TPSA) is 113 Å². The molecule has 260 valence electrons. The molecule has 3 N–H and O–H groups in total. The van der Waals surface area contributed by atoms with E-state index in [1.54, 1.807) is 16.8 Å². The summed E-state index contributed by atoms with van der Waals surface area (Å²) in [6, 6.07) is 8.76. The summed E-state index contributed by atoms with van der Waals surface area (Å²) in [5.41, 5.74) is 0.928. The van der Waals surface area contributed by atoms with E-state index in [0.29, 0.717) is 44.2 Å². The Bertz CT molecular complexity index is 1070. The summed E-state index contributed by atoms with van der Waals surface area (Å²) in [7, 11) is 5.68. The number of aliphatic hydroxyl groups is 2. The zero-order chi connectivity index (χ0) is 33.8. The van der Waals surface area contributed by atoms with Gasteiger partial charge in [0.1, 0.15) is 12.6 Å². The lowest BCUT2D eigenvalue weighted by Crippen LogP contribution is -2.52. The van der Waals surface area contributed by atoms with Crippen LogP contribution in [-0.4, -0.2) is 102 Å². The first kappa shape index (κ1) is 38.0. The van der Waals surface area contributed by atoms with Gasteiger partial charge in [-0.1, -0.05) is 89.1 Å². The number of hydrogen-bond donors (Lipinski definition) is 3. The standard InChI is InChI=1S/C37H62N4O5/c1-26(2)21-33(42)36(45)32(23-28-13-9-7-10-14-28)38-37(46)31(22-29-17-18-29)24-34(43)41(27(3)30-15-11-8-12-16-30)25-35(44)40(6)20-19-39(4)5/h8,11-12,15-16,26-29,31-33,36,42,45H,7,9-10,13-14,17-25H2,1-6H3,(H,38,46)/t27-,31+,32-,33-,36+/m0/s1. The molecular weight excluding hydrogens is 580 g/mol. The molecule has 0 aromatic heterocycles. The van der Waals surface area contributed by atoms with E-state index >= 15 is 0 Å². The predicted molar refractivity (Wildman–Crippen MR) is 183 cm³/mol. The van der Waals surface area contributed by atoms with E-state index in [0.717, 1.165) is 44.1 Å². The van der Waals surface area contributed by atoms with Crippen LogP contribution in [0.1, 0.15) is 103 Å². The van der Waals surface area contributed by atoms with Gasteiger partial charge in [-0.2, -0.15) is 0 Å². The molecule has 9 heteroatoms. The second-order valence-electron chi connectivity index (χ2n) is 14.8. The molecule has 46 heavy (non-hydrogen) atoms. The van der Waals surface area contributed by atoms with E-state index in [-0.39, 0.29) is 42.6 Å². The molecule has 2 fully saturated rings. The van der Waals surface area contributed by atoms with Crippen LogP contribution < -0.4 is 5.32 Å². The van der Waals surface area contributed by atoms with Gasteiger partial charge in [0.15, 0.2) is 0 Å². The van der Waals surface area contributed by atoms with Gasteiger partial charge < -0.3 is 30.2 Å². The largest absolute Gasteiger partial charge is 0.390 e. The first-order chi connectivity index (χ1) is 21.8. The van der Waals surface area contributed by atoms with Crippen molar-refractivity contribution in [1.29, 1.82) is 0 Å². The third-order valence-electron chi connectivity index (χ3n) is 9.95. The Hall–Kier alpha value is -2.49. The highest BCUT2D eigenvalue weighted by Gasteiger charge is 2.37. The summed E-state index contributed by atoms with van der Waals surface area (Å²) in [5, 5.41) is 25.3. The van der Waals surface area contributed by atoms with E-state index in [9.17, 15) is 24.6 Å². The van der Waals surface area contributed by atoms with Gasteiger partial charge in [-0.25, -0.2) is 0 Å². The van der Waals surface area contributed by atoms with Crippen LogP contribution in [0.3, 0.4) is 0 Å². The molecule has 2 saturated carbocycles. The minimum atomic E-state index is -1.07. The van der Waals surface area contributed by atoms with Crippen molar-refractivity contribution < 1.29 is 24.6 Å². The number of nitrogens with one attached hydrogen (secondary N) is 1. The summed E-state index contributed by atoms with van der Waals surface area (Å²) in [6.07, 6.45) is 7.37. The van der Waals surface area contributed by atoms with E-state index < -0.39 is 24.2 Å². The zero-order valence-electron chi connectivity index (χ0n) is 29.4. The van der Waals surface area contributed by atoms with Crippen molar-refractivity contribution in [3.8, 4) is 0 Å². The van der Waals surface area contributed by atoms with Crippen molar-refractivity contribution in [3.63, 3.8) is 0 Å². The second-order valence-corrected chi connectivity index (χ2v) is 14.8. The minimum absolute atomic E-state index is 0.00497. The highest BCUT2D eigenvalue weighted by atomic mass is 16.3. The summed E-state index contributed by atoms with van der Waals surface area (Å²) in [5.74, 6) is -0.185. The fraction of sp³-hybridized carbons (Fsp3) is 0.757. The van der Waals surface area contributed by atoms with Crippen LogP contribution in [0.4, 0.5) is 0 Å². The van der Waals surface area contributed by atoms with E-state index in [2.05, 4.69) is 5.32 Å². The molecule has 9 nitrogen and oxygen atoms in total. The third kappa shape index (κ3) is 12.6. The monoisotopic (exact) mass is 642 g/mol. The maximum absolute atomic E-state index is 14.1. The zero-order valence-corrected chi connectivity index (χ0v) is 29.4. The number of carbonyl (C=O) groups excluding carboxylic acids is 3. The van der Waals surface area contributed by atoms with Crippen molar-refractivity contribution in [3.05, 3.63) is 35.9 Å². The highest BCUT2D eigenvalue weighted by Crippen LogP contribution is 2.37. The average Bonchev–Trinajstić information content (AvgIpc) is 3.85. The van der Waals surface area contributed by atoms with Crippen molar-refractivity contribution >= 4 is 17.7 Å². The number of aliphatic hydroxyl groups excluding tert-OH is 2. The van der Waals surface area contributed by atoms with Gasteiger partial charge in [-0.15, -0.1) is 0 Å². The lowest BCUT2D eigenvalue weighted by Gasteiger charge is -2.34. The number of carbonyl (C=O) groups is 3. The number of nitrogens with zero attached hydrogens (tertiary/aromatic N) is 3. The lowest BCUT2D eigenvalue weighted by molar-refractivity contribution is -0.144. The van der Waals surface area contributed by atoms with Gasteiger partial charge in [0.05, 0.1) is 18.2 Å². The van der Waals surface area contributed by atoms with E-state index in [1.807, 2.05) is 70.1 Å². The molecular formula is C37H62N4O5. The van der Waals surface area contributed by atoms with Gasteiger partial charge in [0.2, 0.25) is 17.7 Å². The molecule has 2 aliphatic carbocycles. The Labute approximate surface area is 278 Å². The maximum Gasteiger partial charge on any atom is 0.242 e. The summed E-state index contributed by atoms with van der Waals surface area (Å²) >= 11 is 0. The van der Waals surface area contributed by atoms with Crippen molar-refractivity contribution in [2.45, 2.75) is 116 Å². The Morgan fingerprint density at radius 1 is 0.848 bits per heavy atom. The molecule has 3 amide bonds. The first-order valence-electron chi connectivity index (χ1n) is 17.7. The molecule has 0 spiro atoms. The van der Waals surface area contributed by atoms with Crippen molar-refractivity contribution in [2.24, 2.45) is 23.7 Å². The number of rotatable bonds is 19. The fourth-order valence-electron chi connectivity index (χ4n) is 6.72. The molecule has 0 unspecified atom stereocenters. The molecule has 0 bridgehead atoms. The average molecular weight is 643 g/mol. The van der Waals surface area contributed by atoms with Crippen LogP contribution in [0.25, 0.3) is 0 Å². The number of benzene rings is 1. The number of hydrogen-bond acceptors (Lipinski definition) is 6. The van der Waals surface area contributed by atoms with Crippen LogP contribution in [-0.2, 0) is 14.4 Å². The minimum Gasteiger partial charge on any atom is -0.390 e. The van der Waals surface area contributed by atoms with E-state index in [4.69, 9.17) is 0 Å². The SMILES string of the molecule is CC(C)C[C@H](O)[C@H](O)[C@H](CC1CCCCC1)NC(=O)[C@@H](CC(=O)N(CC(=O)N(C)CCN(C)C)[C@@H](C)c1ccccc1)CC1CC1. The van der Waals surface area contributed by atoms with Crippen LogP contribution in [0.15, 0.2) is 30.3 Å². The Balaban J connectivity index is 1.80. The predicted octanol–water partition coefficient (Wildman–Crippen LogP) is 4.63. The maximum atomic E-state index is 14.1. The van der Waals surface area contributed by atoms with Gasteiger partial charge in [0.25, 0.3) is 0 Å². The normalized spacial score (nSPS) is 18.9. The summed E-state index contributed by atoms with van der Waals surface area (Å²) in [6.45, 7) is 7.15. The van der Waals surface area contributed by atoms with Crippen LogP contribution in [0.2, 0.25) is 0 Å². The Morgan fingerprint density at radius 3 is 2.07 bits per heavy atom. The van der Waals surface area contributed by atoms with Crippen molar-refractivity contribution in [2.75, 3.05) is 40.8 Å². The number of amides is 3. The summed E-state index contributed by atoms with van der Waals surface area (Å²) < 4.78 is 0. The van der Waals surface area contributed by atoms with Crippen LogP contribution >= 0.6 is 0 Å². The molecule has 0 radical (unpaired) electrons. The molecule has 0 heterocycles. The van der Waals surface area contributed by atoms with Gasteiger partial charge in [-0.05, 0) is 63.6 Å². The number of likely N-dealkylation sites (N-methyl/N-ethyl adjacent to an activating group) is 2. The van der Waals surface area contributed by atoms with Crippen molar-refractivity contribution in [1.82, 2.24) is 20.0 Å². The molecule has 2 aliphatic rings. The van der Waals surface area contributed by atoms with E-state index in [1.165, 1.54) is 6.42 Å². The Kier molecular flexibility index (Phi) is 15.5. The van der Waals surface area contributed by atoms with Gasteiger partial charge in [0, 0.05) is 32.5 Å². The first-order valence-corrected chi connectivity index (χ1v) is 17.7. The highest BCUT2D eigenvalue weighted by molar-refractivity contribution is 5.89. The van der Waals surface area contributed by atoms with Crippen LogP contribution in [0.5, 0.6) is 0 Å². The molecule has 0 aliphatic heterocycles. The smallest absolute Gasteiger partial charge is 0.242 e. The molecule has 1 aromatic rings. The van der Waals surface area contributed by atoms with Gasteiger partial charge in [-0.3, -0.25) is 14.4 Å². The van der Waals surface area contributed by atoms with Gasteiger partial charge >= 0.3 is 0 Å². The Morgan fingerprint density at radius 2 is 1.48 bits per heavy atom. The van der Waals surface area contributed by atoms with Crippen LogP contribution in [0, 0.1) is 23.7 Å². The molecule has 3 rings (SSSR count). The molecule has 1 aromatic carbocycles. The summed E-state index contributed by atoms with van der Waals surface area (Å²) in [4.78, 5) is 46.8. The lowest BCUT2D eigenvalue weighted by atomic mass is 9.82.